The summed E-state index contributed by atoms with van der Waals surface area (Å²) in [6.45, 7) is 0. The second-order valence-electron chi connectivity index (χ2n) is 3.77. The summed E-state index contributed by atoms with van der Waals surface area (Å²) in [5.74, 6) is 4.44. The Kier molecular flexibility index (Phi) is 3.85. The summed E-state index contributed by atoms with van der Waals surface area (Å²) in [6.07, 6.45) is -4.63. The van der Waals surface area contributed by atoms with Crippen molar-refractivity contribution < 1.29 is 13.2 Å². The molecule has 2 aromatic rings. The predicted octanol–water partition coefficient (Wildman–Crippen LogP) is 2.17. The van der Waals surface area contributed by atoms with Crippen molar-refractivity contribution in [3.05, 3.63) is 41.2 Å². The van der Waals surface area contributed by atoms with Crippen LogP contribution in [0.25, 0.3) is 0 Å². The normalized spacial score (nSPS) is 11.3. The average molecular weight is 299 g/mol. The summed E-state index contributed by atoms with van der Waals surface area (Å²) in [6, 6.07) is 8.67. The van der Waals surface area contributed by atoms with E-state index < -0.39 is 12.0 Å². The maximum absolute atomic E-state index is 12.5. The van der Waals surface area contributed by atoms with E-state index in [4.69, 9.17) is 11.1 Å². The van der Waals surface area contributed by atoms with Gasteiger partial charge in [-0.2, -0.15) is 18.4 Å². The summed E-state index contributed by atoms with van der Waals surface area (Å²) >= 11 is 1.03. The van der Waals surface area contributed by atoms with E-state index in [0.717, 1.165) is 17.3 Å². The van der Waals surface area contributed by atoms with Gasteiger partial charge in [0.1, 0.15) is 0 Å². The number of nitrogen functional groups attached to an aromatic ring is 1. The standard InChI is InChI=1S/C11H8F3N5S/c12-11(13,14)9-17-18-10(19(9)16)20-6-8-3-1-7(5-15)2-4-8/h1-4H,6,16H2. The van der Waals surface area contributed by atoms with E-state index >= 15 is 0 Å². The molecule has 20 heavy (non-hydrogen) atoms. The highest BCUT2D eigenvalue weighted by Gasteiger charge is 2.38. The zero-order chi connectivity index (χ0) is 14.8. The number of aromatic nitrogens is 3. The number of hydrogen-bond donors (Lipinski definition) is 1. The molecule has 0 aliphatic carbocycles. The molecule has 0 amide bonds. The zero-order valence-corrected chi connectivity index (χ0v) is 10.7. The smallest absolute Gasteiger partial charge is 0.335 e. The van der Waals surface area contributed by atoms with Crippen molar-refractivity contribution in [3.8, 4) is 6.07 Å². The van der Waals surface area contributed by atoms with Crippen molar-refractivity contribution in [1.82, 2.24) is 14.9 Å². The van der Waals surface area contributed by atoms with E-state index in [2.05, 4.69) is 10.2 Å². The van der Waals surface area contributed by atoms with Crippen molar-refractivity contribution in [2.24, 2.45) is 0 Å². The highest BCUT2D eigenvalue weighted by atomic mass is 32.2. The fraction of sp³-hybridized carbons (Fsp3) is 0.182. The molecule has 0 radical (unpaired) electrons. The minimum atomic E-state index is -4.63. The van der Waals surface area contributed by atoms with Gasteiger partial charge in [-0.3, -0.25) is 0 Å². The molecule has 5 nitrogen and oxygen atoms in total. The number of thioether (sulfide) groups is 1. The number of halogens is 3. The molecule has 0 saturated carbocycles. The molecule has 0 atom stereocenters. The second-order valence-corrected chi connectivity index (χ2v) is 4.71. The first-order valence-corrected chi connectivity index (χ1v) is 6.30. The quantitative estimate of drug-likeness (QED) is 0.694. The van der Waals surface area contributed by atoms with Gasteiger partial charge in [-0.1, -0.05) is 23.9 Å². The Morgan fingerprint density at radius 1 is 1.25 bits per heavy atom. The average Bonchev–Trinajstić information content (AvgIpc) is 2.78. The largest absolute Gasteiger partial charge is 0.453 e. The monoisotopic (exact) mass is 299 g/mol. The third-order valence-corrected chi connectivity index (χ3v) is 3.38. The van der Waals surface area contributed by atoms with E-state index in [0.29, 0.717) is 16.0 Å². The lowest BCUT2D eigenvalue weighted by Gasteiger charge is -2.06. The zero-order valence-electron chi connectivity index (χ0n) is 9.92. The molecular formula is C11H8F3N5S. The number of nitriles is 1. The third kappa shape index (κ3) is 3.03. The highest BCUT2D eigenvalue weighted by molar-refractivity contribution is 7.98. The van der Waals surface area contributed by atoms with Gasteiger partial charge >= 0.3 is 6.18 Å². The molecule has 2 N–H and O–H groups in total. The van der Waals surface area contributed by atoms with E-state index in [1.807, 2.05) is 6.07 Å². The molecule has 2 rings (SSSR count). The van der Waals surface area contributed by atoms with Gasteiger partial charge in [0.2, 0.25) is 5.16 Å². The molecule has 104 valence electrons. The molecule has 1 aromatic carbocycles. The van der Waals surface area contributed by atoms with Crippen LogP contribution in [0.4, 0.5) is 13.2 Å². The molecule has 1 aromatic heterocycles. The topological polar surface area (TPSA) is 80.5 Å². The first kappa shape index (κ1) is 14.2. The lowest BCUT2D eigenvalue weighted by molar-refractivity contribution is -0.146. The summed E-state index contributed by atoms with van der Waals surface area (Å²) in [4.78, 5) is 0. The minimum Gasteiger partial charge on any atom is -0.335 e. The molecule has 0 aliphatic rings. The first-order chi connectivity index (χ1) is 9.41. The molecule has 0 spiro atoms. The van der Waals surface area contributed by atoms with Crippen molar-refractivity contribution in [2.75, 3.05) is 5.84 Å². The van der Waals surface area contributed by atoms with Crippen LogP contribution in [0.5, 0.6) is 0 Å². The lowest BCUT2D eigenvalue weighted by atomic mass is 10.2. The molecule has 0 fully saturated rings. The van der Waals surface area contributed by atoms with Gasteiger partial charge in [0, 0.05) is 5.75 Å². The van der Waals surface area contributed by atoms with Crippen LogP contribution in [0.3, 0.4) is 0 Å². The number of nitrogens with two attached hydrogens (primary N) is 1. The van der Waals surface area contributed by atoms with E-state index in [1.165, 1.54) is 0 Å². The van der Waals surface area contributed by atoms with Crippen LogP contribution in [-0.2, 0) is 11.9 Å². The fourth-order valence-electron chi connectivity index (χ4n) is 1.39. The van der Waals surface area contributed by atoms with E-state index in [9.17, 15) is 13.2 Å². The van der Waals surface area contributed by atoms with Gasteiger partial charge in [-0.05, 0) is 17.7 Å². The van der Waals surface area contributed by atoms with E-state index in [1.54, 1.807) is 24.3 Å². The molecule has 0 saturated heterocycles. The summed E-state index contributed by atoms with van der Waals surface area (Å²) in [5, 5.41) is 15.1. The number of nitrogens with zero attached hydrogens (tertiary/aromatic N) is 4. The second kappa shape index (κ2) is 5.42. The Labute approximate surface area is 116 Å². The van der Waals surface area contributed by atoms with Gasteiger partial charge in [0.05, 0.1) is 11.6 Å². The van der Waals surface area contributed by atoms with Crippen LogP contribution in [-0.4, -0.2) is 14.9 Å². The van der Waals surface area contributed by atoms with E-state index in [-0.39, 0.29) is 5.16 Å². The molecule has 0 unspecified atom stereocenters. The van der Waals surface area contributed by atoms with Crippen molar-refractivity contribution in [1.29, 1.82) is 5.26 Å². The van der Waals surface area contributed by atoms with Crippen molar-refractivity contribution in [2.45, 2.75) is 17.1 Å². The van der Waals surface area contributed by atoms with Crippen molar-refractivity contribution >= 4 is 11.8 Å². The Morgan fingerprint density at radius 3 is 2.40 bits per heavy atom. The minimum absolute atomic E-state index is 0.0262. The van der Waals surface area contributed by atoms with Gasteiger partial charge < -0.3 is 5.84 Å². The van der Waals surface area contributed by atoms with Gasteiger partial charge in [0.15, 0.2) is 0 Å². The molecular weight excluding hydrogens is 291 g/mol. The fourth-order valence-corrected chi connectivity index (χ4v) is 2.20. The molecule has 1 heterocycles. The Bertz CT molecular complexity index is 642. The van der Waals surface area contributed by atoms with Crippen LogP contribution in [0, 0.1) is 11.3 Å². The summed E-state index contributed by atoms with van der Waals surface area (Å²) < 4.78 is 37.8. The Morgan fingerprint density at radius 2 is 1.90 bits per heavy atom. The van der Waals surface area contributed by atoms with Crippen LogP contribution < -0.4 is 5.84 Å². The van der Waals surface area contributed by atoms with Gasteiger partial charge in [-0.25, -0.2) is 4.68 Å². The maximum Gasteiger partial charge on any atom is 0.453 e. The van der Waals surface area contributed by atoms with Gasteiger partial charge in [0.25, 0.3) is 5.82 Å². The number of hydrogen-bond acceptors (Lipinski definition) is 5. The third-order valence-electron chi connectivity index (χ3n) is 2.37. The lowest BCUT2D eigenvalue weighted by Crippen LogP contribution is -2.21. The van der Waals surface area contributed by atoms with Gasteiger partial charge in [-0.15, -0.1) is 10.2 Å². The first-order valence-electron chi connectivity index (χ1n) is 5.31. The van der Waals surface area contributed by atoms with Crippen LogP contribution >= 0.6 is 11.8 Å². The maximum atomic E-state index is 12.5. The summed E-state index contributed by atoms with van der Waals surface area (Å²) in [5.41, 5.74) is 1.35. The highest BCUT2D eigenvalue weighted by Crippen LogP contribution is 2.29. The number of rotatable bonds is 3. The predicted molar refractivity (Wildman–Crippen MR) is 65.9 cm³/mol. The number of benzene rings is 1. The van der Waals surface area contributed by atoms with Crippen molar-refractivity contribution in [3.63, 3.8) is 0 Å². The number of alkyl halides is 3. The molecule has 0 bridgehead atoms. The Balaban J connectivity index is 2.08. The van der Waals surface area contributed by atoms with Crippen LogP contribution in [0.2, 0.25) is 0 Å². The Hall–Kier alpha value is -2.21. The van der Waals surface area contributed by atoms with Crippen LogP contribution in [0.1, 0.15) is 17.0 Å². The SMILES string of the molecule is N#Cc1ccc(CSc2nnc(C(F)(F)F)n2N)cc1. The van der Waals surface area contributed by atoms with Crippen LogP contribution in [0.15, 0.2) is 29.4 Å². The molecule has 0 aliphatic heterocycles. The molecule has 9 heteroatoms. The summed E-state index contributed by atoms with van der Waals surface area (Å²) in [7, 11) is 0.